The van der Waals surface area contributed by atoms with Gasteiger partial charge in [0, 0.05) is 0 Å². The van der Waals surface area contributed by atoms with Gasteiger partial charge < -0.3 is 19.7 Å². The molecule has 1 unspecified atom stereocenters. The molecule has 1 atom stereocenters. The van der Waals surface area contributed by atoms with Gasteiger partial charge in [-0.2, -0.15) is 0 Å². The first-order valence-corrected chi connectivity index (χ1v) is 3.69. The Morgan fingerprint density at radius 1 is 1.33 bits per heavy atom. The van der Waals surface area contributed by atoms with E-state index in [1.807, 2.05) is 0 Å². The molecule has 70 valence electrons. The fourth-order valence-corrected chi connectivity index (χ4v) is 0.521. The smallest absolute Gasteiger partial charge is 0.107 e. The van der Waals surface area contributed by atoms with Crippen LogP contribution in [0.15, 0.2) is 0 Å². The minimum atomic E-state index is -0.808. The molecule has 0 fully saturated rings. The molecule has 0 bridgehead atoms. The van der Waals surface area contributed by atoms with E-state index in [9.17, 15) is 0 Å². The van der Waals surface area contributed by atoms with Crippen molar-refractivity contribution in [2.45, 2.75) is 6.10 Å². The monoisotopic (exact) mass is 174 g/mol. The average molecular weight is 174 g/mol. The van der Waals surface area contributed by atoms with Crippen LogP contribution in [-0.2, 0) is 9.47 Å². The zero-order chi connectivity index (χ0) is 9.23. The van der Waals surface area contributed by atoms with Crippen molar-refractivity contribution in [2.24, 2.45) is 0 Å². The molecule has 0 saturated carbocycles. The molecule has 0 radical (unpaired) electrons. The summed E-state index contributed by atoms with van der Waals surface area (Å²) in [7, 11) is 0. The van der Waals surface area contributed by atoms with E-state index in [1.165, 1.54) is 0 Å². The van der Waals surface area contributed by atoms with Crippen molar-refractivity contribution in [3.05, 3.63) is 0 Å². The largest absolute Gasteiger partial charge is 0.394 e. The Hall–Kier alpha value is -0.600. The van der Waals surface area contributed by atoms with E-state index in [2.05, 4.69) is 5.92 Å². The highest BCUT2D eigenvalue weighted by Gasteiger charge is 2.00. The Morgan fingerprint density at radius 3 is 2.58 bits per heavy atom. The van der Waals surface area contributed by atoms with Gasteiger partial charge in [0.1, 0.15) is 12.7 Å². The van der Waals surface area contributed by atoms with Crippen LogP contribution in [0.4, 0.5) is 0 Å². The molecule has 12 heavy (non-hydrogen) atoms. The molecule has 0 amide bonds. The molecule has 0 heterocycles. The third-order valence-electron chi connectivity index (χ3n) is 1.08. The first kappa shape index (κ1) is 11.4. The van der Waals surface area contributed by atoms with Crippen molar-refractivity contribution in [3.63, 3.8) is 0 Å². The second-order valence-corrected chi connectivity index (χ2v) is 2.17. The second kappa shape index (κ2) is 8.50. The van der Waals surface area contributed by atoms with Crippen LogP contribution in [0.25, 0.3) is 0 Å². The third-order valence-corrected chi connectivity index (χ3v) is 1.08. The van der Waals surface area contributed by atoms with E-state index in [0.29, 0.717) is 13.2 Å². The van der Waals surface area contributed by atoms with Crippen molar-refractivity contribution in [1.29, 1.82) is 0 Å². The Kier molecular flexibility index (Phi) is 8.07. The first-order valence-electron chi connectivity index (χ1n) is 3.69. The highest BCUT2D eigenvalue weighted by atomic mass is 16.5. The van der Waals surface area contributed by atoms with Crippen LogP contribution in [0.1, 0.15) is 0 Å². The van der Waals surface area contributed by atoms with Crippen LogP contribution in [-0.4, -0.2) is 49.4 Å². The second-order valence-electron chi connectivity index (χ2n) is 2.17. The maximum atomic E-state index is 8.81. The van der Waals surface area contributed by atoms with Gasteiger partial charge in [0.2, 0.25) is 0 Å². The zero-order valence-electron chi connectivity index (χ0n) is 6.90. The third kappa shape index (κ3) is 7.51. The van der Waals surface area contributed by atoms with Crippen LogP contribution >= 0.6 is 0 Å². The molecule has 0 aliphatic heterocycles. The van der Waals surface area contributed by atoms with Crippen molar-refractivity contribution in [3.8, 4) is 12.3 Å². The van der Waals surface area contributed by atoms with Crippen molar-refractivity contribution >= 4 is 0 Å². The Labute approximate surface area is 72.1 Å². The van der Waals surface area contributed by atoms with E-state index >= 15 is 0 Å². The summed E-state index contributed by atoms with van der Waals surface area (Å²) in [5.41, 5.74) is 0. The van der Waals surface area contributed by atoms with Gasteiger partial charge in [-0.1, -0.05) is 5.92 Å². The van der Waals surface area contributed by atoms with Crippen molar-refractivity contribution in [2.75, 3.05) is 33.0 Å². The van der Waals surface area contributed by atoms with Crippen LogP contribution in [0.2, 0.25) is 0 Å². The molecular weight excluding hydrogens is 160 g/mol. The quantitative estimate of drug-likeness (QED) is 0.384. The molecule has 0 aliphatic carbocycles. The average Bonchev–Trinajstić information content (AvgIpc) is 2.10. The molecule has 0 spiro atoms. The topological polar surface area (TPSA) is 58.9 Å². The molecule has 0 aromatic carbocycles. The Bertz CT molecular complexity index is 130. The van der Waals surface area contributed by atoms with Gasteiger partial charge in [0.15, 0.2) is 0 Å². The van der Waals surface area contributed by atoms with Gasteiger partial charge in [-0.15, -0.1) is 6.42 Å². The summed E-state index contributed by atoms with van der Waals surface area (Å²) in [6, 6.07) is 0. The van der Waals surface area contributed by atoms with Crippen LogP contribution in [0.3, 0.4) is 0 Å². The number of terminal acetylenes is 1. The lowest BCUT2D eigenvalue weighted by Crippen LogP contribution is -2.20. The standard InChI is InChI=1S/C8H14O4/c1-2-3-11-4-5-12-7-8(10)6-9/h1,8-10H,3-7H2. The SMILES string of the molecule is C#CCOCCOCC(O)CO. The molecule has 4 nitrogen and oxygen atoms in total. The van der Waals surface area contributed by atoms with Gasteiger partial charge in [0.25, 0.3) is 0 Å². The predicted octanol–water partition coefficient (Wildman–Crippen LogP) is -0.994. The fourth-order valence-electron chi connectivity index (χ4n) is 0.521. The van der Waals surface area contributed by atoms with Gasteiger partial charge in [-0.05, 0) is 0 Å². The van der Waals surface area contributed by atoms with Crippen LogP contribution < -0.4 is 0 Å². The summed E-state index contributed by atoms with van der Waals surface area (Å²) >= 11 is 0. The number of rotatable bonds is 7. The van der Waals surface area contributed by atoms with Crippen molar-refractivity contribution in [1.82, 2.24) is 0 Å². The number of hydrogen-bond donors (Lipinski definition) is 2. The lowest BCUT2D eigenvalue weighted by molar-refractivity contribution is -0.0114. The molecular formula is C8H14O4. The van der Waals surface area contributed by atoms with E-state index in [-0.39, 0.29) is 19.8 Å². The molecule has 0 aliphatic rings. The number of aliphatic hydroxyl groups excluding tert-OH is 2. The Balaban J connectivity index is 2.96. The number of ether oxygens (including phenoxy) is 2. The molecule has 0 rings (SSSR count). The minimum Gasteiger partial charge on any atom is -0.394 e. The van der Waals surface area contributed by atoms with E-state index in [1.54, 1.807) is 0 Å². The van der Waals surface area contributed by atoms with Crippen molar-refractivity contribution < 1.29 is 19.7 Å². The molecule has 4 heteroatoms. The summed E-state index contributed by atoms with van der Waals surface area (Å²) < 4.78 is 9.82. The maximum absolute atomic E-state index is 8.81. The molecule has 0 aromatic rings. The zero-order valence-corrected chi connectivity index (χ0v) is 6.90. The highest BCUT2D eigenvalue weighted by molar-refractivity contribution is 4.82. The van der Waals surface area contributed by atoms with Gasteiger partial charge in [0.05, 0.1) is 26.4 Å². The summed E-state index contributed by atoms with van der Waals surface area (Å²) in [6.07, 6.45) is 4.12. The molecule has 0 aromatic heterocycles. The van der Waals surface area contributed by atoms with Gasteiger partial charge in [-0.25, -0.2) is 0 Å². The normalized spacial score (nSPS) is 12.4. The lowest BCUT2D eigenvalue weighted by Gasteiger charge is -2.07. The van der Waals surface area contributed by atoms with Crippen LogP contribution in [0.5, 0.6) is 0 Å². The Morgan fingerprint density at radius 2 is 2.00 bits per heavy atom. The highest BCUT2D eigenvalue weighted by Crippen LogP contribution is 1.83. The predicted molar refractivity (Wildman–Crippen MR) is 43.6 cm³/mol. The van der Waals surface area contributed by atoms with Gasteiger partial charge >= 0.3 is 0 Å². The number of aliphatic hydroxyl groups is 2. The summed E-state index contributed by atoms with van der Waals surface area (Å²) in [5, 5.41) is 17.2. The summed E-state index contributed by atoms with van der Waals surface area (Å²) in [6.45, 7) is 0.883. The summed E-state index contributed by atoms with van der Waals surface area (Å²) in [5.74, 6) is 2.31. The van der Waals surface area contributed by atoms with Gasteiger partial charge in [-0.3, -0.25) is 0 Å². The number of hydrogen-bond acceptors (Lipinski definition) is 4. The van der Waals surface area contributed by atoms with E-state index in [4.69, 9.17) is 26.1 Å². The van der Waals surface area contributed by atoms with E-state index < -0.39 is 6.10 Å². The summed E-state index contributed by atoms with van der Waals surface area (Å²) in [4.78, 5) is 0. The molecule has 2 N–H and O–H groups in total. The van der Waals surface area contributed by atoms with Crippen LogP contribution in [0, 0.1) is 12.3 Å². The van der Waals surface area contributed by atoms with E-state index in [0.717, 1.165) is 0 Å². The minimum absolute atomic E-state index is 0.121. The first-order chi connectivity index (χ1) is 5.81. The fraction of sp³-hybridized carbons (Fsp3) is 0.750. The lowest BCUT2D eigenvalue weighted by atomic mass is 10.4. The maximum Gasteiger partial charge on any atom is 0.107 e. The molecule has 0 saturated heterocycles.